The first-order valence-electron chi connectivity index (χ1n) is 26.3. The number of fused-ring (bicyclic) bond motifs is 2. The van der Waals surface area contributed by atoms with Crippen LogP contribution in [0.3, 0.4) is 0 Å². The first-order valence-corrected chi connectivity index (χ1v) is 35.1. The zero-order valence-corrected chi connectivity index (χ0v) is 50.9. The van der Waals surface area contributed by atoms with Gasteiger partial charge in [-0.05, 0) is 0 Å². The topological polar surface area (TPSA) is 18.5 Å². The summed E-state index contributed by atoms with van der Waals surface area (Å²) in [5.74, 6) is 0.501. The van der Waals surface area contributed by atoms with E-state index in [4.69, 9.17) is 9.47 Å². The molecule has 0 aliphatic heterocycles. The Hall–Kier alpha value is -2.04. The molecule has 69 heavy (non-hydrogen) atoms. The largest absolute Gasteiger partial charge is 1.00 e. The Kier molecular flexibility index (Phi) is 21.8. The van der Waals surface area contributed by atoms with E-state index in [1.807, 2.05) is 0 Å². The molecule has 4 aromatic carbocycles. The van der Waals surface area contributed by atoms with E-state index in [1.54, 1.807) is 33.4 Å². The Labute approximate surface area is 442 Å². The molecule has 0 spiro atoms. The average molecular weight is 1070 g/mol. The number of halogens is 2. The van der Waals surface area contributed by atoms with Crippen LogP contribution in [0.2, 0.25) is 12.6 Å². The van der Waals surface area contributed by atoms with Crippen LogP contribution in [0.15, 0.2) is 96.1 Å². The molecule has 0 radical (unpaired) electrons. The average Bonchev–Trinajstić information content (AvgIpc) is 3.77. The van der Waals surface area contributed by atoms with Crippen molar-refractivity contribution in [1.29, 1.82) is 0 Å². The minimum absolute atomic E-state index is 0. The van der Waals surface area contributed by atoms with Crippen LogP contribution in [-0.4, -0.2) is 29.8 Å². The maximum absolute atomic E-state index is 6.14. The van der Waals surface area contributed by atoms with Crippen molar-refractivity contribution >= 4 is 17.1 Å². The molecule has 0 N–H and O–H groups in total. The fourth-order valence-corrected chi connectivity index (χ4v) is 34.7. The van der Waals surface area contributed by atoms with Crippen LogP contribution in [0.5, 0.6) is 0 Å². The Balaban J connectivity index is 0.00000518. The normalized spacial score (nSPS) is 16.2. The molecule has 0 aromatic heterocycles. The molecule has 0 amide bonds. The summed E-state index contributed by atoms with van der Waals surface area (Å²) in [5, 5.41) is 0. The van der Waals surface area contributed by atoms with Gasteiger partial charge in [0.15, 0.2) is 0 Å². The number of hydrogen-bond donors (Lipinski definition) is 0. The van der Waals surface area contributed by atoms with Crippen molar-refractivity contribution in [3.05, 3.63) is 129 Å². The van der Waals surface area contributed by atoms with Gasteiger partial charge in [0.2, 0.25) is 0 Å². The number of allylic oxidation sites excluding steroid dienone is 3. The van der Waals surface area contributed by atoms with Gasteiger partial charge in [0, 0.05) is 0 Å². The fourth-order valence-electron chi connectivity index (χ4n) is 10.7. The Bertz CT molecular complexity index is 2400. The van der Waals surface area contributed by atoms with Gasteiger partial charge in [-0.1, -0.05) is 0 Å². The van der Waals surface area contributed by atoms with Crippen molar-refractivity contribution in [3.8, 4) is 22.3 Å². The molecular weight excluding hydrogens is 979 g/mol. The van der Waals surface area contributed by atoms with E-state index in [9.17, 15) is 0 Å². The maximum atomic E-state index is 6.14. The number of benzene rings is 4. The van der Waals surface area contributed by atoms with E-state index in [1.165, 1.54) is 83.5 Å². The van der Waals surface area contributed by atoms with Crippen molar-refractivity contribution in [1.82, 2.24) is 0 Å². The third-order valence-electron chi connectivity index (χ3n) is 14.5. The number of hydrogen-bond acceptors (Lipinski definition) is 2. The van der Waals surface area contributed by atoms with Gasteiger partial charge < -0.3 is 24.8 Å². The molecule has 0 heterocycles. The van der Waals surface area contributed by atoms with E-state index in [-0.39, 0.29) is 46.8 Å². The molecule has 2 unspecified atom stereocenters. The third kappa shape index (κ3) is 15.5. The summed E-state index contributed by atoms with van der Waals surface area (Å²) in [4.78, 5) is 0. The van der Waals surface area contributed by atoms with Crippen LogP contribution in [-0.2, 0) is 40.7 Å². The van der Waals surface area contributed by atoms with Gasteiger partial charge in [-0.25, -0.2) is 0 Å². The predicted molar refractivity (Wildman–Crippen MR) is 291 cm³/mol. The summed E-state index contributed by atoms with van der Waals surface area (Å²) in [7, 11) is 0. The van der Waals surface area contributed by atoms with E-state index >= 15 is 0 Å². The molecule has 0 bridgehead atoms. The Morgan fingerprint density at radius 2 is 1.01 bits per heavy atom. The predicted octanol–water partition coefficient (Wildman–Crippen LogP) is 12.6. The summed E-state index contributed by atoms with van der Waals surface area (Å²) >= 11 is -2.53. The standard InChI is InChI=1S/C30H41O.C22H25.C11H24OSi.2ClH.Zr/c1-22-21-24-13-12-15-27(23-16-18-25(19-17-23)29(2,3)4)28(24)26(22)14-10-8-9-11-20-31-30(5,6)7;1-15(2)18-13-17-7-6-8-20(21(17)14-18)16-9-11-19(12-10-16)22(3,4)5;1-11(2,3)12-9-7-5-6-8-10-13-4;;;/h12-13,15-19,21H,8-11,14,20H2,1-7H3;6-15H,1-5H3;5-10H2,1-4H3;2*1H;/q;;;;;+2/p-2. The second kappa shape index (κ2) is 25.3. The first kappa shape index (κ1) is 59.5. The van der Waals surface area contributed by atoms with E-state index in [0.717, 1.165) is 32.5 Å². The Morgan fingerprint density at radius 1 is 0.551 bits per heavy atom. The molecule has 376 valence electrons. The molecule has 2 aliphatic carbocycles. The van der Waals surface area contributed by atoms with Crippen LogP contribution in [0, 0.1) is 5.92 Å². The molecular formula is C63H90Cl2O2SiZr. The monoisotopic (exact) mass is 1070 g/mol. The van der Waals surface area contributed by atoms with Crippen LogP contribution in [0.4, 0.5) is 0 Å². The summed E-state index contributed by atoms with van der Waals surface area (Å²) < 4.78 is 13.4. The molecule has 2 nitrogen and oxygen atoms in total. The second-order valence-corrected chi connectivity index (χ2v) is 41.4. The van der Waals surface area contributed by atoms with Gasteiger partial charge in [-0.2, -0.15) is 0 Å². The van der Waals surface area contributed by atoms with Crippen molar-refractivity contribution in [2.24, 2.45) is 5.92 Å². The zero-order valence-electron chi connectivity index (χ0n) is 46.0. The summed E-state index contributed by atoms with van der Waals surface area (Å²) in [6.45, 7) is 39.1. The van der Waals surface area contributed by atoms with Crippen LogP contribution < -0.4 is 24.8 Å². The van der Waals surface area contributed by atoms with Crippen molar-refractivity contribution < 1.29 is 54.7 Å². The first-order chi connectivity index (χ1) is 31.5. The minimum Gasteiger partial charge on any atom is -1.00 e. The van der Waals surface area contributed by atoms with Gasteiger partial charge >= 0.3 is 421 Å². The van der Waals surface area contributed by atoms with Crippen molar-refractivity contribution in [3.63, 3.8) is 0 Å². The van der Waals surface area contributed by atoms with E-state index in [0.29, 0.717) is 13.2 Å². The molecule has 6 heteroatoms. The molecule has 0 saturated heterocycles. The van der Waals surface area contributed by atoms with Crippen LogP contribution in [0.1, 0.15) is 202 Å². The van der Waals surface area contributed by atoms with Crippen LogP contribution in [0.25, 0.3) is 33.9 Å². The van der Waals surface area contributed by atoms with E-state index in [2.05, 4.69) is 201 Å². The fraction of sp³-hybridized carbons (Fsp3) is 0.556. The zero-order chi connectivity index (χ0) is 48.9. The summed E-state index contributed by atoms with van der Waals surface area (Å²) in [6.07, 6.45) is 13.8. The molecule has 4 aromatic rings. The molecule has 6 rings (SSSR count). The smallest absolute Gasteiger partial charge is 1.00 e. The summed E-state index contributed by atoms with van der Waals surface area (Å²) in [6, 6.07) is 35.4. The van der Waals surface area contributed by atoms with Gasteiger partial charge in [-0.15, -0.1) is 0 Å². The Morgan fingerprint density at radius 3 is 1.51 bits per heavy atom. The van der Waals surface area contributed by atoms with Gasteiger partial charge in [-0.3, -0.25) is 0 Å². The molecule has 0 saturated carbocycles. The third-order valence-corrected chi connectivity index (χ3v) is 35.5. The number of unbranched alkanes of at least 4 members (excludes halogenated alkanes) is 6. The van der Waals surface area contributed by atoms with Crippen LogP contribution >= 0.6 is 0 Å². The SMILES string of the molecule is CC1=C(CCCCCCOC(C)(C)C)c2c(-c3ccc(C(C)(C)C)cc3)cccc2[CH]1[Zr+2]([CH]1C(C(C)C)=Cc2c(-c3ccc(C(C)(C)C)cc3)cccc21)=[Si](C)CCCCCCOC(C)(C)C.[Cl-].[Cl-]. The molecule has 2 aliphatic rings. The van der Waals surface area contributed by atoms with E-state index < -0.39 is 25.8 Å². The van der Waals surface area contributed by atoms with Crippen molar-refractivity contribution in [2.75, 3.05) is 13.2 Å². The summed E-state index contributed by atoms with van der Waals surface area (Å²) in [5.41, 5.74) is 19.4. The second-order valence-electron chi connectivity index (χ2n) is 24.5. The number of rotatable bonds is 19. The molecule has 2 atom stereocenters. The quantitative estimate of drug-likeness (QED) is 0.0688. The maximum Gasteiger partial charge on any atom is -1.00 e. The minimum atomic E-state index is -2.53. The van der Waals surface area contributed by atoms with Gasteiger partial charge in [0.25, 0.3) is 0 Å². The number of ether oxygens (including phenoxy) is 2. The van der Waals surface area contributed by atoms with Crippen molar-refractivity contribution in [2.45, 2.75) is 204 Å². The van der Waals surface area contributed by atoms with Gasteiger partial charge in [0.05, 0.1) is 0 Å². The molecule has 0 fully saturated rings. The van der Waals surface area contributed by atoms with Gasteiger partial charge in [0.1, 0.15) is 0 Å².